The number of hydrogen-bond donors (Lipinski definition) is 3. The minimum atomic E-state index is -0.446. The van der Waals surface area contributed by atoms with Gasteiger partial charge in [0.1, 0.15) is 0 Å². The number of esters is 1. The number of aromatic nitrogens is 1. The van der Waals surface area contributed by atoms with E-state index in [0.29, 0.717) is 40.0 Å². The second-order valence-electron chi connectivity index (χ2n) is 10.5. The molecule has 41 heavy (non-hydrogen) atoms. The van der Waals surface area contributed by atoms with Crippen LogP contribution in [-0.2, 0) is 4.74 Å². The van der Waals surface area contributed by atoms with Crippen LogP contribution in [-0.4, -0.2) is 70.4 Å². The Morgan fingerprint density at radius 2 is 1.73 bits per heavy atom. The minimum Gasteiger partial charge on any atom is -0.494 e. The number of ketones is 1. The van der Waals surface area contributed by atoms with Gasteiger partial charge in [-0.1, -0.05) is 30.3 Å². The number of aliphatic hydroxyl groups is 1. The van der Waals surface area contributed by atoms with E-state index in [-0.39, 0.29) is 17.8 Å². The highest BCUT2D eigenvalue weighted by atomic mass is 16.5. The summed E-state index contributed by atoms with van der Waals surface area (Å²) < 4.78 is 4.90. The molecule has 0 bridgehead atoms. The average Bonchev–Trinajstić information content (AvgIpc) is 3.30. The Hall–Kier alpha value is -4.27. The molecule has 1 aliphatic rings. The predicted molar refractivity (Wildman–Crippen MR) is 159 cm³/mol. The van der Waals surface area contributed by atoms with E-state index in [2.05, 4.69) is 9.88 Å². The van der Waals surface area contributed by atoms with Gasteiger partial charge in [0.05, 0.1) is 35.7 Å². The summed E-state index contributed by atoms with van der Waals surface area (Å²) in [6.45, 7) is 4.44. The molecule has 3 N–H and O–H groups in total. The zero-order chi connectivity index (χ0) is 28.9. The first kappa shape index (κ1) is 28.3. The summed E-state index contributed by atoms with van der Waals surface area (Å²) in [6, 6.07) is 20.3. The van der Waals surface area contributed by atoms with E-state index in [1.165, 1.54) is 7.11 Å². The maximum absolute atomic E-state index is 12.8. The van der Waals surface area contributed by atoms with Crippen molar-refractivity contribution in [3.63, 3.8) is 0 Å². The Balaban J connectivity index is 1.41. The largest absolute Gasteiger partial charge is 0.494 e. The molecule has 1 aliphatic heterocycles. The van der Waals surface area contributed by atoms with Crippen LogP contribution in [0, 0.1) is 6.92 Å². The van der Waals surface area contributed by atoms with Crippen LogP contribution in [0.3, 0.4) is 0 Å². The Morgan fingerprint density at radius 3 is 2.41 bits per heavy atom. The SMILES string of the molecule is COC(=O)c1cc2[nH]c(O)c(C(=Nc3ccc(C(=O)CCCN4CCC(O)CC4)cc3)c3ccccc3)c2cc1C. The highest BCUT2D eigenvalue weighted by Crippen LogP contribution is 2.33. The number of aliphatic hydroxyl groups excluding tert-OH is 1. The van der Waals surface area contributed by atoms with Crippen molar-refractivity contribution in [2.45, 2.75) is 38.7 Å². The molecule has 0 unspecified atom stereocenters. The molecule has 212 valence electrons. The van der Waals surface area contributed by atoms with E-state index in [1.807, 2.05) is 55.5 Å². The number of aromatic amines is 1. The number of methoxy groups -OCH3 is 1. The van der Waals surface area contributed by atoms with Crippen LogP contribution in [0.25, 0.3) is 10.9 Å². The molecule has 0 saturated carbocycles. The van der Waals surface area contributed by atoms with Gasteiger partial charge in [-0.15, -0.1) is 0 Å². The number of Topliss-reactive ketones (excluding diaryl/α,β-unsaturated/α-hetero) is 1. The van der Waals surface area contributed by atoms with Crippen LogP contribution in [0.15, 0.2) is 71.7 Å². The van der Waals surface area contributed by atoms with Crippen molar-refractivity contribution < 1.29 is 24.5 Å². The molecule has 0 aliphatic carbocycles. The van der Waals surface area contributed by atoms with Gasteiger partial charge in [0.2, 0.25) is 0 Å². The molecule has 2 heterocycles. The molecular formula is C33H35N3O5. The summed E-state index contributed by atoms with van der Waals surface area (Å²) in [4.78, 5) is 35.3. The maximum Gasteiger partial charge on any atom is 0.338 e. The molecule has 0 radical (unpaired) electrons. The lowest BCUT2D eigenvalue weighted by atomic mass is 9.98. The van der Waals surface area contributed by atoms with Gasteiger partial charge in [-0.3, -0.25) is 4.79 Å². The Bertz CT molecular complexity index is 1570. The first-order chi connectivity index (χ1) is 19.8. The van der Waals surface area contributed by atoms with Gasteiger partial charge in [0.25, 0.3) is 0 Å². The van der Waals surface area contributed by atoms with Gasteiger partial charge >= 0.3 is 5.97 Å². The molecule has 1 fully saturated rings. The third-order valence-corrected chi connectivity index (χ3v) is 7.68. The summed E-state index contributed by atoms with van der Waals surface area (Å²) in [6.07, 6.45) is 2.65. The standard InChI is InChI=1S/C33H35N3O5/c1-21-19-27-28(20-26(21)33(40)41-2)35-32(39)30(27)31(23-7-4-3-5-8-23)34-24-12-10-22(11-13-24)29(38)9-6-16-36-17-14-25(37)15-18-36/h3-5,7-8,10-13,19-20,25,35,37,39H,6,9,14-18H2,1-2H3. The smallest absolute Gasteiger partial charge is 0.338 e. The number of carbonyl (C=O) groups is 2. The number of H-pyrrole nitrogens is 1. The summed E-state index contributed by atoms with van der Waals surface area (Å²) in [5.74, 6) is -0.413. The second kappa shape index (κ2) is 12.5. The van der Waals surface area contributed by atoms with Crippen molar-refractivity contribution in [2.75, 3.05) is 26.7 Å². The van der Waals surface area contributed by atoms with Crippen LogP contribution in [0.5, 0.6) is 5.88 Å². The third kappa shape index (κ3) is 6.39. The van der Waals surface area contributed by atoms with Gasteiger partial charge in [0, 0.05) is 41.5 Å². The van der Waals surface area contributed by atoms with Gasteiger partial charge < -0.3 is 24.8 Å². The highest BCUT2D eigenvalue weighted by molar-refractivity contribution is 6.22. The highest BCUT2D eigenvalue weighted by Gasteiger charge is 2.22. The monoisotopic (exact) mass is 553 g/mol. The van der Waals surface area contributed by atoms with Crippen LogP contribution in [0.4, 0.5) is 5.69 Å². The molecule has 0 spiro atoms. The fourth-order valence-corrected chi connectivity index (χ4v) is 5.37. The van der Waals surface area contributed by atoms with E-state index in [1.54, 1.807) is 18.2 Å². The number of piperidine rings is 1. The van der Waals surface area contributed by atoms with Crippen molar-refractivity contribution in [1.29, 1.82) is 0 Å². The van der Waals surface area contributed by atoms with E-state index in [4.69, 9.17) is 9.73 Å². The van der Waals surface area contributed by atoms with E-state index < -0.39 is 5.97 Å². The van der Waals surface area contributed by atoms with E-state index in [9.17, 15) is 19.8 Å². The summed E-state index contributed by atoms with van der Waals surface area (Å²) in [7, 11) is 1.34. The number of aryl methyl sites for hydroxylation is 1. The Labute approximate surface area is 239 Å². The molecule has 5 rings (SSSR count). The minimum absolute atomic E-state index is 0.0565. The first-order valence-electron chi connectivity index (χ1n) is 14.0. The van der Waals surface area contributed by atoms with Gasteiger partial charge in [-0.25, -0.2) is 9.79 Å². The summed E-state index contributed by atoms with van der Waals surface area (Å²) >= 11 is 0. The molecule has 4 aromatic rings. The first-order valence-corrected chi connectivity index (χ1v) is 14.0. The molecule has 1 saturated heterocycles. The Morgan fingerprint density at radius 1 is 1.02 bits per heavy atom. The molecule has 0 amide bonds. The number of hydrogen-bond acceptors (Lipinski definition) is 7. The lowest BCUT2D eigenvalue weighted by Crippen LogP contribution is -2.36. The number of benzene rings is 3. The molecule has 0 atom stereocenters. The fourth-order valence-electron chi connectivity index (χ4n) is 5.37. The number of nitrogens with zero attached hydrogens (tertiary/aromatic N) is 2. The third-order valence-electron chi connectivity index (χ3n) is 7.68. The van der Waals surface area contributed by atoms with Gasteiger partial charge in [-0.05, 0) is 74.7 Å². The van der Waals surface area contributed by atoms with Crippen molar-refractivity contribution in [1.82, 2.24) is 9.88 Å². The van der Waals surface area contributed by atoms with Crippen LogP contribution < -0.4 is 0 Å². The molecule has 3 aromatic carbocycles. The van der Waals surface area contributed by atoms with Gasteiger partial charge in [0.15, 0.2) is 11.7 Å². The number of nitrogens with one attached hydrogen (secondary N) is 1. The number of carbonyl (C=O) groups excluding carboxylic acids is 2. The number of ether oxygens (including phenoxy) is 1. The maximum atomic E-state index is 12.8. The summed E-state index contributed by atoms with van der Waals surface area (Å²) in [5, 5.41) is 21.4. The van der Waals surface area contributed by atoms with Crippen LogP contribution in [0.1, 0.15) is 63.1 Å². The number of likely N-dealkylation sites (tertiary alicyclic amines) is 1. The molecular weight excluding hydrogens is 518 g/mol. The lowest BCUT2D eigenvalue weighted by Gasteiger charge is -2.29. The number of aliphatic imine (C=N–C) groups is 1. The zero-order valence-electron chi connectivity index (χ0n) is 23.4. The van der Waals surface area contributed by atoms with E-state index >= 15 is 0 Å². The Kier molecular flexibility index (Phi) is 8.61. The zero-order valence-corrected chi connectivity index (χ0v) is 23.4. The topological polar surface area (TPSA) is 115 Å². The van der Waals surface area contributed by atoms with Gasteiger partial charge in [-0.2, -0.15) is 0 Å². The molecule has 8 heteroatoms. The second-order valence-corrected chi connectivity index (χ2v) is 10.5. The average molecular weight is 554 g/mol. The fraction of sp³-hybridized carbons (Fsp3) is 0.303. The predicted octanol–water partition coefficient (Wildman–Crippen LogP) is 5.56. The normalized spacial score (nSPS) is 14.9. The number of fused-ring (bicyclic) bond motifs is 1. The number of rotatable bonds is 9. The lowest BCUT2D eigenvalue weighted by molar-refractivity contribution is 0.0600. The van der Waals surface area contributed by atoms with Crippen LogP contribution in [0.2, 0.25) is 0 Å². The van der Waals surface area contributed by atoms with Crippen molar-refractivity contribution in [2.24, 2.45) is 4.99 Å². The quantitative estimate of drug-likeness (QED) is 0.142. The summed E-state index contributed by atoms with van der Waals surface area (Å²) in [5.41, 5.74) is 4.90. The van der Waals surface area contributed by atoms with E-state index in [0.717, 1.165) is 55.4 Å². The van der Waals surface area contributed by atoms with Crippen molar-refractivity contribution in [3.05, 3.63) is 94.5 Å². The van der Waals surface area contributed by atoms with Crippen molar-refractivity contribution >= 4 is 34.1 Å². The molecule has 8 nitrogen and oxygen atoms in total. The number of aromatic hydroxyl groups is 1. The van der Waals surface area contributed by atoms with Crippen molar-refractivity contribution in [3.8, 4) is 5.88 Å². The van der Waals surface area contributed by atoms with Crippen LogP contribution >= 0.6 is 0 Å². The molecule has 1 aromatic heterocycles.